The Kier molecular flexibility index (Phi) is 5.48. The van der Waals surface area contributed by atoms with Gasteiger partial charge < -0.3 is 15.4 Å². The monoisotopic (exact) mass is 345 g/mol. The third-order valence-electron chi connectivity index (χ3n) is 4.22. The third-order valence-corrected chi connectivity index (χ3v) is 5.32. The van der Waals surface area contributed by atoms with Gasteiger partial charge in [0.2, 0.25) is 0 Å². The Morgan fingerprint density at radius 2 is 2.21 bits per heavy atom. The van der Waals surface area contributed by atoms with Gasteiger partial charge in [0, 0.05) is 30.1 Å². The summed E-state index contributed by atoms with van der Waals surface area (Å²) in [7, 11) is 0. The van der Waals surface area contributed by atoms with E-state index in [9.17, 15) is 4.79 Å². The summed E-state index contributed by atoms with van der Waals surface area (Å²) < 4.78 is 5.86. The summed E-state index contributed by atoms with van der Waals surface area (Å²) in [5, 5.41) is 6.85. The first-order chi connectivity index (χ1) is 11.6. The van der Waals surface area contributed by atoms with Crippen molar-refractivity contribution in [2.24, 2.45) is 5.92 Å². The Bertz CT molecular complexity index is 674. The number of carbonyl (C=O) groups excluding carboxylic acids is 1. The normalized spacial score (nSPS) is 21.4. The summed E-state index contributed by atoms with van der Waals surface area (Å²) >= 11 is 1.61. The quantitative estimate of drug-likeness (QED) is 0.870. The molecule has 3 rings (SSSR count). The number of urea groups is 1. The Morgan fingerprint density at radius 3 is 2.92 bits per heavy atom. The zero-order chi connectivity index (χ0) is 16.9. The number of hydrogen-bond donors (Lipinski definition) is 2. The number of carbonyl (C=O) groups is 1. The lowest BCUT2D eigenvalue weighted by Crippen LogP contribution is -2.39. The van der Waals surface area contributed by atoms with Gasteiger partial charge in [-0.15, -0.1) is 11.3 Å². The van der Waals surface area contributed by atoms with Crippen LogP contribution >= 0.6 is 11.3 Å². The second-order valence-electron chi connectivity index (χ2n) is 6.14. The Hall–Kier alpha value is -1.92. The first kappa shape index (κ1) is 16.9. The molecule has 0 aliphatic carbocycles. The molecule has 0 saturated carbocycles. The summed E-state index contributed by atoms with van der Waals surface area (Å²) in [6, 6.07) is 9.95. The molecule has 0 bridgehead atoms. The average molecular weight is 345 g/mol. The van der Waals surface area contributed by atoms with Crippen molar-refractivity contribution in [3.63, 3.8) is 0 Å². The van der Waals surface area contributed by atoms with Crippen molar-refractivity contribution in [3.8, 4) is 0 Å². The second-order valence-corrected chi connectivity index (χ2v) is 7.40. The molecule has 2 N–H and O–H groups in total. The topological polar surface area (TPSA) is 63.2 Å². The van der Waals surface area contributed by atoms with Crippen molar-refractivity contribution in [2.75, 3.05) is 13.2 Å². The van der Waals surface area contributed by atoms with E-state index in [-0.39, 0.29) is 18.2 Å². The molecule has 0 unspecified atom stereocenters. The van der Waals surface area contributed by atoms with Gasteiger partial charge in [0.05, 0.1) is 12.1 Å². The van der Waals surface area contributed by atoms with E-state index in [0.717, 1.165) is 22.9 Å². The van der Waals surface area contributed by atoms with E-state index < -0.39 is 0 Å². The fourth-order valence-corrected chi connectivity index (χ4v) is 3.74. The largest absolute Gasteiger partial charge is 0.373 e. The van der Waals surface area contributed by atoms with Crippen LogP contribution in [-0.2, 0) is 4.74 Å². The summed E-state index contributed by atoms with van der Waals surface area (Å²) in [5.41, 5.74) is 1.17. The van der Waals surface area contributed by atoms with Crippen molar-refractivity contribution in [1.82, 2.24) is 15.6 Å². The van der Waals surface area contributed by atoms with E-state index in [2.05, 4.69) is 27.8 Å². The average Bonchev–Trinajstić information content (AvgIpc) is 3.22. The summed E-state index contributed by atoms with van der Waals surface area (Å²) in [6.45, 7) is 5.30. The van der Waals surface area contributed by atoms with Crippen molar-refractivity contribution in [3.05, 3.63) is 52.0 Å². The molecule has 1 saturated heterocycles. The maximum absolute atomic E-state index is 12.1. The molecule has 5 nitrogen and oxygen atoms in total. The van der Waals surface area contributed by atoms with Crippen LogP contribution in [0.4, 0.5) is 4.79 Å². The first-order valence-electron chi connectivity index (χ1n) is 8.26. The van der Waals surface area contributed by atoms with Crippen LogP contribution in [0.5, 0.6) is 0 Å². The van der Waals surface area contributed by atoms with Crippen LogP contribution in [0.3, 0.4) is 0 Å². The first-order valence-corrected chi connectivity index (χ1v) is 9.08. The smallest absolute Gasteiger partial charge is 0.315 e. The standard InChI is InChI=1S/C18H23N3O2S/c1-12-10-19-17(24-12)13(2)21-18(22)20-11-15-8-9-23-16(15)14-6-4-3-5-7-14/h3-7,10,13,15-16H,8-9,11H2,1-2H3,(H2,20,21,22)/t13-,15-,16-/m0/s1. The lowest BCUT2D eigenvalue weighted by Gasteiger charge is -2.20. The van der Waals surface area contributed by atoms with E-state index in [1.54, 1.807) is 11.3 Å². The molecule has 1 aliphatic rings. The molecule has 1 aromatic carbocycles. The van der Waals surface area contributed by atoms with Crippen LogP contribution < -0.4 is 10.6 Å². The number of thiazole rings is 1. The van der Waals surface area contributed by atoms with Crippen LogP contribution in [0, 0.1) is 12.8 Å². The van der Waals surface area contributed by atoms with Crippen LogP contribution in [0.2, 0.25) is 0 Å². The predicted octanol–water partition coefficient (Wildman–Crippen LogP) is 3.59. The lowest BCUT2D eigenvalue weighted by molar-refractivity contribution is 0.0910. The Labute approximate surface area is 146 Å². The number of nitrogens with one attached hydrogen (secondary N) is 2. The molecule has 1 aromatic heterocycles. The molecular weight excluding hydrogens is 322 g/mol. The van der Waals surface area contributed by atoms with Crippen LogP contribution in [-0.4, -0.2) is 24.2 Å². The molecular formula is C18H23N3O2S. The highest BCUT2D eigenvalue weighted by atomic mass is 32.1. The zero-order valence-electron chi connectivity index (χ0n) is 14.0. The zero-order valence-corrected chi connectivity index (χ0v) is 14.8. The molecule has 1 aliphatic heterocycles. The van der Waals surface area contributed by atoms with Crippen LogP contribution in [0.25, 0.3) is 0 Å². The summed E-state index contributed by atoms with van der Waals surface area (Å²) in [5.74, 6) is 0.301. The van der Waals surface area contributed by atoms with E-state index in [0.29, 0.717) is 12.5 Å². The second kappa shape index (κ2) is 7.77. The van der Waals surface area contributed by atoms with Crippen LogP contribution in [0.1, 0.15) is 40.9 Å². The van der Waals surface area contributed by atoms with Gasteiger partial charge in [0.25, 0.3) is 0 Å². The van der Waals surface area contributed by atoms with Gasteiger partial charge in [-0.2, -0.15) is 0 Å². The van der Waals surface area contributed by atoms with Gasteiger partial charge in [-0.3, -0.25) is 0 Å². The Morgan fingerprint density at radius 1 is 1.42 bits per heavy atom. The maximum atomic E-state index is 12.1. The highest BCUT2D eigenvalue weighted by Gasteiger charge is 2.29. The SMILES string of the molecule is Cc1cnc([C@H](C)NC(=O)NC[C@@H]2CCO[C@H]2c2ccccc2)s1. The Balaban J connectivity index is 1.50. The number of rotatable bonds is 5. The molecule has 3 atom stereocenters. The minimum absolute atomic E-state index is 0.0607. The lowest BCUT2D eigenvalue weighted by atomic mass is 9.95. The number of nitrogens with zero attached hydrogens (tertiary/aromatic N) is 1. The van der Waals surface area contributed by atoms with Crippen molar-refractivity contribution >= 4 is 17.4 Å². The van der Waals surface area contributed by atoms with Gasteiger partial charge in [-0.05, 0) is 25.8 Å². The number of amides is 2. The molecule has 2 aromatic rings. The van der Waals surface area contributed by atoms with Crippen molar-refractivity contribution < 1.29 is 9.53 Å². The molecule has 2 amide bonds. The number of aromatic nitrogens is 1. The molecule has 24 heavy (non-hydrogen) atoms. The molecule has 128 valence electrons. The molecule has 0 radical (unpaired) electrons. The molecule has 6 heteroatoms. The number of aryl methyl sites for hydroxylation is 1. The number of ether oxygens (including phenoxy) is 1. The molecule has 0 spiro atoms. The predicted molar refractivity (Wildman–Crippen MR) is 95.0 cm³/mol. The summed E-state index contributed by atoms with van der Waals surface area (Å²) in [6.07, 6.45) is 2.85. The minimum Gasteiger partial charge on any atom is -0.373 e. The van der Waals surface area contributed by atoms with Gasteiger partial charge in [0.1, 0.15) is 5.01 Å². The molecule has 2 heterocycles. The van der Waals surface area contributed by atoms with Gasteiger partial charge in [-0.25, -0.2) is 9.78 Å². The molecule has 1 fully saturated rings. The highest BCUT2D eigenvalue weighted by Crippen LogP contribution is 2.33. The minimum atomic E-state index is -0.158. The van der Waals surface area contributed by atoms with Crippen molar-refractivity contribution in [1.29, 1.82) is 0 Å². The summed E-state index contributed by atoms with van der Waals surface area (Å²) in [4.78, 5) is 17.6. The van der Waals surface area contributed by atoms with Gasteiger partial charge in [0.15, 0.2) is 0 Å². The fourth-order valence-electron chi connectivity index (χ4n) is 2.96. The van der Waals surface area contributed by atoms with Crippen molar-refractivity contribution in [2.45, 2.75) is 32.4 Å². The highest BCUT2D eigenvalue weighted by molar-refractivity contribution is 7.11. The van der Waals surface area contributed by atoms with E-state index in [1.807, 2.05) is 38.2 Å². The van der Waals surface area contributed by atoms with E-state index in [4.69, 9.17) is 4.74 Å². The maximum Gasteiger partial charge on any atom is 0.315 e. The van der Waals surface area contributed by atoms with Gasteiger partial charge in [-0.1, -0.05) is 30.3 Å². The van der Waals surface area contributed by atoms with Crippen LogP contribution in [0.15, 0.2) is 36.5 Å². The van der Waals surface area contributed by atoms with Gasteiger partial charge >= 0.3 is 6.03 Å². The fraction of sp³-hybridized carbons (Fsp3) is 0.444. The third kappa shape index (κ3) is 4.13. The van der Waals surface area contributed by atoms with E-state index >= 15 is 0 Å². The number of benzene rings is 1. The van der Waals surface area contributed by atoms with E-state index in [1.165, 1.54) is 5.56 Å². The number of hydrogen-bond acceptors (Lipinski definition) is 4.